The molecule has 1 aliphatic carbocycles. The molecule has 1 heterocycles. The van der Waals surface area contributed by atoms with Crippen molar-refractivity contribution in [1.82, 2.24) is 4.98 Å². The number of sulfonamides is 1. The highest BCUT2D eigenvalue weighted by Crippen LogP contribution is 2.33. The highest BCUT2D eigenvalue weighted by Gasteiger charge is 2.26. The Bertz CT molecular complexity index is 1190. The number of hydrogen-bond acceptors (Lipinski definition) is 3. The first-order chi connectivity index (χ1) is 13.3. The van der Waals surface area contributed by atoms with Crippen molar-refractivity contribution in [2.75, 3.05) is 4.72 Å². The molecule has 28 heavy (non-hydrogen) atoms. The molecule has 4 rings (SSSR count). The molecule has 0 atom stereocenters. The van der Waals surface area contributed by atoms with E-state index in [2.05, 4.69) is 9.71 Å². The normalized spacial score (nSPS) is 14.3. The number of benzene rings is 2. The van der Waals surface area contributed by atoms with E-state index in [0.717, 1.165) is 40.6 Å². The number of ketones is 1. The Morgan fingerprint density at radius 3 is 2.43 bits per heavy atom. The highest BCUT2D eigenvalue weighted by molar-refractivity contribution is 7.92. The van der Waals surface area contributed by atoms with Crippen LogP contribution in [0.2, 0.25) is 0 Å². The fourth-order valence-electron chi connectivity index (χ4n) is 4.15. The largest absolute Gasteiger partial charge is 0.358 e. The topological polar surface area (TPSA) is 79.0 Å². The smallest absolute Gasteiger partial charge is 0.262 e. The van der Waals surface area contributed by atoms with Gasteiger partial charge < -0.3 is 4.98 Å². The molecule has 6 heteroatoms. The number of anilines is 1. The molecule has 0 saturated carbocycles. The molecule has 0 bridgehead atoms. The zero-order valence-electron chi connectivity index (χ0n) is 16.3. The molecule has 0 saturated heterocycles. The summed E-state index contributed by atoms with van der Waals surface area (Å²) in [6.07, 6.45) is 2.77. The lowest BCUT2D eigenvalue weighted by molar-refractivity contribution is 0.0974. The standard InChI is InChI=1S/C22H24N2O3S/c1-4-15-11-17-19(23-18-6-5-7-20(25)22(17)18)12-21(15)28(26,27)24-16-9-13(2)8-14(3)10-16/h8-12,23-24H,4-7H2,1-3H3. The lowest BCUT2D eigenvalue weighted by Crippen LogP contribution is -2.15. The van der Waals surface area contributed by atoms with Crippen LogP contribution in [0, 0.1) is 13.8 Å². The predicted octanol–water partition coefficient (Wildman–Crippen LogP) is 4.67. The molecule has 0 unspecified atom stereocenters. The van der Waals surface area contributed by atoms with Gasteiger partial charge in [-0.25, -0.2) is 8.42 Å². The molecule has 5 nitrogen and oxygen atoms in total. The van der Waals surface area contributed by atoms with Crippen molar-refractivity contribution in [1.29, 1.82) is 0 Å². The second kappa shape index (κ2) is 6.78. The molecule has 0 amide bonds. The van der Waals surface area contributed by atoms with E-state index < -0.39 is 10.0 Å². The van der Waals surface area contributed by atoms with Gasteiger partial charge >= 0.3 is 0 Å². The fourth-order valence-corrected chi connectivity index (χ4v) is 5.51. The van der Waals surface area contributed by atoms with Crippen LogP contribution in [0.4, 0.5) is 5.69 Å². The zero-order valence-corrected chi connectivity index (χ0v) is 17.2. The lowest BCUT2D eigenvalue weighted by Gasteiger charge is -2.13. The van der Waals surface area contributed by atoms with Gasteiger partial charge in [-0.2, -0.15) is 0 Å². The van der Waals surface area contributed by atoms with Crippen LogP contribution in [-0.4, -0.2) is 19.2 Å². The van der Waals surface area contributed by atoms with E-state index in [0.29, 0.717) is 29.6 Å². The van der Waals surface area contributed by atoms with Crippen LogP contribution < -0.4 is 4.72 Å². The number of carbonyl (C=O) groups is 1. The SMILES string of the molecule is CCc1cc2c3c([nH]c2cc1S(=O)(=O)Nc1cc(C)cc(C)c1)CCCC3=O. The van der Waals surface area contributed by atoms with Crippen LogP contribution in [0.25, 0.3) is 10.9 Å². The Labute approximate surface area is 165 Å². The third-order valence-electron chi connectivity index (χ3n) is 5.31. The number of carbonyl (C=O) groups excluding carboxylic acids is 1. The molecule has 1 aliphatic rings. The molecule has 0 radical (unpaired) electrons. The summed E-state index contributed by atoms with van der Waals surface area (Å²) in [7, 11) is -3.75. The molecule has 0 fully saturated rings. The van der Waals surface area contributed by atoms with Gasteiger partial charge in [-0.15, -0.1) is 0 Å². The molecular formula is C22H24N2O3S. The van der Waals surface area contributed by atoms with Gasteiger partial charge in [-0.1, -0.05) is 13.0 Å². The van der Waals surface area contributed by atoms with E-state index in [9.17, 15) is 13.2 Å². The average Bonchev–Trinajstić information content (AvgIpc) is 2.98. The quantitative estimate of drug-likeness (QED) is 0.673. The van der Waals surface area contributed by atoms with E-state index in [1.807, 2.05) is 45.0 Å². The second-order valence-electron chi connectivity index (χ2n) is 7.60. The molecule has 146 valence electrons. The Kier molecular flexibility index (Phi) is 4.54. The molecule has 1 aromatic heterocycles. The van der Waals surface area contributed by atoms with Crippen molar-refractivity contribution >= 4 is 32.4 Å². The fraction of sp³-hybridized carbons (Fsp3) is 0.318. The van der Waals surface area contributed by atoms with Crippen LogP contribution in [0.1, 0.15) is 52.5 Å². The van der Waals surface area contributed by atoms with Crippen LogP contribution >= 0.6 is 0 Å². The Morgan fingerprint density at radius 1 is 1.04 bits per heavy atom. The van der Waals surface area contributed by atoms with Crippen molar-refractivity contribution < 1.29 is 13.2 Å². The lowest BCUT2D eigenvalue weighted by atomic mass is 9.94. The van der Waals surface area contributed by atoms with Crippen molar-refractivity contribution in [2.45, 2.75) is 51.3 Å². The van der Waals surface area contributed by atoms with E-state index in [-0.39, 0.29) is 10.7 Å². The van der Waals surface area contributed by atoms with Crippen molar-refractivity contribution in [3.05, 3.63) is 58.3 Å². The Balaban J connectivity index is 1.84. The number of hydrogen-bond donors (Lipinski definition) is 2. The zero-order chi connectivity index (χ0) is 20.1. The van der Waals surface area contributed by atoms with Gasteiger partial charge in [0.05, 0.1) is 4.90 Å². The molecule has 0 aliphatic heterocycles. The maximum Gasteiger partial charge on any atom is 0.262 e. The summed E-state index contributed by atoms with van der Waals surface area (Å²) in [6, 6.07) is 9.18. The molecule has 0 spiro atoms. The number of nitrogens with one attached hydrogen (secondary N) is 2. The van der Waals surface area contributed by atoms with Gasteiger partial charge in [-0.05, 0) is 74.1 Å². The van der Waals surface area contributed by atoms with Crippen molar-refractivity contribution in [3.8, 4) is 0 Å². The highest BCUT2D eigenvalue weighted by atomic mass is 32.2. The summed E-state index contributed by atoms with van der Waals surface area (Å²) in [4.78, 5) is 15.9. The van der Waals surface area contributed by atoms with Gasteiger partial charge in [0.1, 0.15) is 0 Å². The van der Waals surface area contributed by atoms with Gasteiger partial charge in [0.25, 0.3) is 10.0 Å². The third kappa shape index (κ3) is 3.22. The number of aromatic amines is 1. The number of H-pyrrole nitrogens is 1. The number of rotatable bonds is 4. The first-order valence-corrected chi connectivity index (χ1v) is 11.1. The Morgan fingerprint density at radius 2 is 1.75 bits per heavy atom. The van der Waals surface area contributed by atoms with Crippen LogP contribution in [0.3, 0.4) is 0 Å². The molecule has 2 aromatic carbocycles. The van der Waals surface area contributed by atoms with Gasteiger partial charge in [0, 0.05) is 34.3 Å². The minimum Gasteiger partial charge on any atom is -0.358 e. The average molecular weight is 397 g/mol. The molecular weight excluding hydrogens is 372 g/mol. The van der Waals surface area contributed by atoms with E-state index in [1.54, 1.807) is 6.07 Å². The molecule has 2 N–H and O–H groups in total. The van der Waals surface area contributed by atoms with Crippen LogP contribution in [0.5, 0.6) is 0 Å². The number of aryl methyl sites for hydroxylation is 4. The van der Waals surface area contributed by atoms with E-state index in [4.69, 9.17) is 0 Å². The van der Waals surface area contributed by atoms with E-state index >= 15 is 0 Å². The predicted molar refractivity (Wildman–Crippen MR) is 112 cm³/mol. The Hall–Kier alpha value is -2.60. The summed E-state index contributed by atoms with van der Waals surface area (Å²) < 4.78 is 29.0. The van der Waals surface area contributed by atoms with Gasteiger partial charge in [0.15, 0.2) is 5.78 Å². The third-order valence-corrected chi connectivity index (χ3v) is 6.77. The number of Topliss-reactive ketones (excluding diaryl/α,β-unsaturated/α-hetero) is 1. The number of fused-ring (bicyclic) bond motifs is 3. The second-order valence-corrected chi connectivity index (χ2v) is 9.25. The summed E-state index contributed by atoms with van der Waals surface area (Å²) in [6.45, 7) is 5.81. The summed E-state index contributed by atoms with van der Waals surface area (Å²) in [5.74, 6) is 0.138. The van der Waals surface area contributed by atoms with Crippen molar-refractivity contribution in [2.24, 2.45) is 0 Å². The first kappa shape index (κ1) is 18.7. The first-order valence-electron chi connectivity index (χ1n) is 9.60. The summed E-state index contributed by atoms with van der Waals surface area (Å²) in [5.41, 5.74) is 5.63. The van der Waals surface area contributed by atoms with Crippen LogP contribution in [0.15, 0.2) is 35.2 Å². The van der Waals surface area contributed by atoms with Crippen molar-refractivity contribution in [3.63, 3.8) is 0 Å². The minimum absolute atomic E-state index is 0.138. The summed E-state index contributed by atoms with van der Waals surface area (Å²) >= 11 is 0. The maximum absolute atomic E-state index is 13.2. The van der Waals surface area contributed by atoms with E-state index in [1.165, 1.54) is 0 Å². The van der Waals surface area contributed by atoms with Gasteiger partial charge in [0.2, 0.25) is 0 Å². The van der Waals surface area contributed by atoms with Crippen LogP contribution in [-0.2, 0) is 22.9 Å². The number of aromatic nitrogens is 1. The molecule has 3 aromatic rings. The maximum atomic E-state index is 13.2. The summed E-state index contributed by atoms with van der Waals surface area (Å²) in [5, 5.41) is 0.835. The monoisotopic (exact) mass is 396 g/mol. The minimum atomic E-state index is -3.75. The van der Waals surface area contributed by atoms with Gasteiger partial charge in [-0.3, -0.25) is 9.52 Å².